The summed E-state index contributed by atoms with van der Waals surface area (Å²) in [5.41, 5.74) is 2.81. The predicted molar refractivity (Wildman–Crippen MR) is 69.8 cm³/mol. The summed E-state index contributed by atoms with van der Waals surface area (Å²) in [6.07, 6.45) is 2.45. The lowest BCUT2D eigenvalue weighted by Gasteiger charge is -2.06. The number of rotatable bonds is 2. The van der Waals surface area contributed by atoms with E-state index in [1.54, 1.807) is 24.4 Å². The van der Waals surface area contributed by atoms with Gasteiger partial charge < -0.3 is 0 Å². The number of benzene rings is 1. The smallest absolute Gasteiger partial charge is 0.150 e. The summed E-state index contributed by atoms with van der Waals surface area (Å²) < 4.78 is 0. The Labute approximate surface area is 109 Å². The molecule has 0 aliphatic rings. The zero-order valence-corrected chi connectivity index (χ0v) is 10.6. The monoisotopic (exact) mass is 265 g/mol. The molecule has 0 unspecified atom stereocenters. The van der Waals surface area contributed by atoms with Crippen LogP contribution in [0, 0.1) is 6.92 Å². The van der Waals surface area contributed by atoms with E-state index in [0.717, 1.165) is 17.4 Å². The average molecular weight is 266 g/mol. The van der Waals surface area contributed by atoms with E-state index in [9.17, 15) is 4.79 Å². The third-order valence-electron chi connectivity index (χ3n) is 2.50. The molecule has 0 N–H and O–H groups in total. The average Bonchev–Trinajstić information content (AvgIpc) is 2.34. The zero-order valence-electron chi connectivity index (χ0n) is 9.08. The Morgan fingerprint density at radius 2 is 2.06 bits per heavy atom. The van der Waals surface area contributed by atoms with Gasteiger partial charge in [-0.1, -0.05) is 35.3 Å². The summed E-state index contributed by atoms with van der Waals surface area (Å²) in [5.74, 6) is 0. The highest BCUT2D eigenvalue weighted by molar-refractivity contribution is 6.43. The van der Waals surface area contributed by atoms with Crippen LogP contribution in [-0.4, -0.2) is 11.3 Å². The van der Waals surface area contributed by atoms with Gasteiger partial charge in [0.2, 0.25) is 0 Å². The van der Waals surface area contributed by atoms with Gasteiger partial charge in [0.25, 0.3) is 0 Å². The van der Waals surface area contributed by atoms with Crippen molar-refractivity contribution in [1.29, 1.82) is 0 Å². The molecule has 2 nitrogen and oxygen atoms in total. The molecule has 0 saturated heterocycles. The van der Waals surface area contributed by atoms with Crippen molar-refractivity contribution < 1.29 is 4.79 Å². The lowest BCUT2D eigenvalue weighted by Crippen LogP contribution is -1.92. The first-order valence-electron chi connectivity index (χ1n) is 4.99. The number of carbonyl (C=O) groups excluding carboxylic acids is 1. The summed E-state index contributed by atoms with van der Waals surface area (Å²) in [5, 5.41) is 0.918. The lowest BCUT2D eigenvalue weighted by atomic mass is 10.1. The molecule has 1 aromatic carbocycles. The minimum atomic E-state index is 0.447. The summed E-state index contributed by atoms with van der Waals surface area (Å²) in [6.45, 7) is 1.83. The Morgan fingerprint density at radius 1 is 1.29 bits per heavy atom. The van der Waals surface area contributed by atoms with Crippen LogP contribution >= 0.6 is 23.2 Å². The largest absolute Gasteiger partial charge is 0.298 e. The normalized spacial score (nSPS) is 10.3. The fraction of sp³-hybridized carbons (Fsp3) is 0.0769. The Kier molecular flexibility index (Phi) is 3.46. The van der Waals surface area contributed by atoms with Gasteiger partial charge in [0.15, 0.2) is 0 Å². The second-order valence-corrected chi connectivity index (χ2v) is 4.43. The molecule has 2 aromatic rings. The highest BCUT2D eigenvalue weighted by Gasteiger charge is 2.09. The van der Waals surface area contributed by atoms with Gasteiger partial charge in [-0.05, 0) is 24.6 Å². The second-order valence-electron chi connectivity index (χ2n) is 3.65. The number of aromatic nitrogens is 1. The molecule has 0 radical (unpaired) electrons. The van der Waals surface area contributed by atoms with Gasteiger partial charge in [-0.25, -0.2) is 0 Å². The molecule has 0 saturated carbocycles. The number of aryl methyl sites for hydroxylation is 1. The number of halogens is 2. The summed E-state index contributed by atoms with van der Waals surface area (Å²) >= 11 is 12.0. The SMILES string of the molecule is Cc1cnc(-c2cccc(Cl)c2Cl)cc1C=O. The molecule has 0 bridgehead atoms. The van der Waals surface area contributed by atoms with Crippen LogP contribution < -0.4 is 0 Å². The molecule has 0 spiro atoms. The van der Waals surface area contributed by atoms with Crippen LogP contribution in [0.25, 0.3) is 11.3 Å². The van der Waals surface area contributed by atoms with E-state index >= 15 is 0 Å². The van der Waals surface area contributed by atoms with Crippen LogP contribution in [0.1, 0.15) is 15.9 Å². The number of aldehydes is 1. The van der Waals surface area contributed by atoms with Crippen molar-refractivity contribution in [2.45, 2.75) is 6.92 Å². The first-order chi connectivity index (χ1) is 8.13. The van der Waals surface area contributed by atoms with Crippen LogP contribution in [0.15, 0.2) is 30.5 Å². The van der Waals surface area contributed by atoms with Crippen molar-refractivity contribution in [3.63, 3.8) is 0 Å². The maximum Gasteiger partial charge on any atom is 0.150 e. The highest BCUT2D eigenvalue weighted by Crippen LogP contribution is 2.32. The summed E-state index contributed by atoms with van der Waals surface area (Å²) in [4.78, 5) is 15.1. The topological polar surface area (TPSA) is 30.0 Å². The van der Waals surface area contributed by atoms with E-state index in [0.29, 0.717) is 21.3 Å². The molecule has 0 atom stereocenters. The van der Waals surface area contributed by atoms with E-state index in [1.807, 2.05) is 13.0 Å². The molecule has 2 rings (SSSR count). The number of carbonyl (C=O) groups is 1. The van der Waals surface area contributed by atoms with E-state index < -0.39 is 0 Å². The van der Waals surface area contributed by atoms with Gasteiger partial charge >= 0.3 is 0 Å². The first kappa shape index (κ1) is 12.1. The molecular formula is C13H9Cl2NO. The number of hydrogen-bond acceptors (Lipinski definition) is 2. The Morgan fingerprint density at radius 3 is 2.76 bits per heavy atom. The third-order valence-corrected chi connectivity index (χ3v) is 3.32. The van der Waals surface area contributed by atoms with Crippen LogP contribution in [0.5, 0.6) is 0 Å². The zero-order chi connectivity index (χ0) is 12.4. The van der Waals surface area contributed by atoms with E-state index in [4.69, 9.17) is 23.2 Å². The van der Waals surface area contributed by atoms with E-state index in [2.05, 4.69) is 4.98 Å². The lowest BCUT2D eigenvalue weighted by molar-refractivity contribution is 0.112. The van der Waals surface area contributed by atoms with Crippen molar-refractivity contribution in [2.24, 2.45) is 0 Å². The molecule has 17 heavy (non-hydrogen) atoms. The quantitative estimate of drug-likeness (QED) is 0.763. The number of hydrogen-bond donors (Lipinski definition) is 0. The highest BCUT2D eigenvalue weighted by atomic mass is 35.5. The Balaban J connectivity index is 2.61. The minimum Gasteiger partial charge on any atom is -0.298 e. The fourth-order valence-electron chi connectivity index (χ4n) is 1.52. The molecule has 4 heteroatoms. The van der Waals surface area contributed by atoms with E-state index in [-0.39, 0.29) is 0 Å². The van der Waals surface area contributed by atoms with Crippen LogP contribution in [-0.2, 0) is 0 Å². The summed E-state index contributed by atoms with van der Waals surface area (Å²) in [6, 6.07) is 7.04. The second kappa shape index (κ2) is 4.86. The number of pyridine rings is 1. The number of nitrogens with zero attached hydrogens (tertiary/aromatic N) is 1. The van der Waals surface area contributed by atoms with Crippen LogP contribution in [0.2, 0.25) is 10.0 Å². The molecule has 0 aliphatic carbocycles. The first-order valence-corrected chi connectivity index (χ1v) is 5.75. The predicted octanol–water partition coefficient (Wildman–Crippen LogP) is 4.18. The van der Waals surface area contributed by atoms with Gasteiger partial charge in [-0.15, -0.1) is 0 Å². The Bertz CT molecular complexity index is 582. The fourth-order valence-corrected chi connectivity index (χ4v) is 1.91. The maximum absolute atomic E-state index is 10.9. The molecule has 1 heterocycles. The Hall–Kier alpha value is -1.38. The van der Waals surface area contributed by atoms with Crippen molar-refractivity contribution in [3.05, 3.63) is 51.6 Å². The van der Waals surface area contributed by atoms with Crippen LogP contribution in [0.3, 0.4) is 0 Å². The molecule has 1 aromatic heterocycles. The molecule has 0 amide bonds. The van der Waals surface area contributed by atoms with E-state index in [1.165, 1.54) is 0 Å². The standard InChI is InChI=1S/C13H9Cl2NO/c1-8-6-16-12(5-9(8)7-17)10-3-2-4-11(14)13(10)15/h2-7H,1H3. The summed E-state index contributed by atoms with van der Waals surface area (Å²) in [7, 11) is 0. The van der Waals surface area contributed by atoms with Gasteiger partial charge in [-0.2, -0.15) is 0 Å². The van der Waals surface area contributed by atoms with Crippen LogP contribution in [0.4, 0.5) is 0 Å². The van der Waals surface area contributed by atoms with Gasteiger partial charge in [0, 0.05) is 17.3 Å². The molecule has 86 valence electrons. The van der Waals surface area contributed by atoms with Crippen molar-refractivity contribution in [2.75, 3.05) is 0 Å². The van der Waals surface area contributed by atoms with Crippen molar-refractivity contribution >= 4 is 29.5 Å². The van der Waals surface area contributed by atoms with Gasteiger partial charge in [0.1, 0.15) is 6.29 Å². The van der Waals surface area contributed by atoms with Gasteiger partial charge in [0.05, 0.1) is 15.7 Å². The van der Waals surface area contributed by atoms with Crippen molar-refractivity contribution in [1.82, 2.24) is 4.98 Å². The molecular weight excluding hydrogens is 257 g/mol. The minimum absolute atomic E-state index is 0.447. The third kappa shape index (κ3) is 2.33. The molecule has 0 aliphatic heterocycles. The maximum atomic E-state index is 10.9. The molecule has 0 fully saturated rings. The van der Waals surface area contributed by atoms with Gasteiger partial charge in [-0.3, -0.25) is 9.78 Å². The van der Waals surface area contributed by atoms with Crippen molar-refractivity contribution in [3.8, 4) is 11.3 Å².